The second-order valence-electron chi connectivity index (χ2n) is 8.73. The van der Waals surface area contributed by atoms with Crippen LogP contribution in [0.2, 0.25) is 0 Å². The summed E-state index contributed by atoms with van der Waals surface area (Å²) in [7, 11) is 1.70. The Morgan fingerprint density at radius 2 is 1.74 bits per heavy atom. The number of aromatic amines is 1. The molecule has 0 atom stereocenters. The lowest BCUT2D eigenvalue weighted by molar-refractivity contribution is -0.119. The zero-order valence-corrected chi connectivity index (χ0v) is 19.6. The highest BCUT2D eigenvalue weighted by atomic mass is 19.1. The number of carbonyl (C=O) groups is 1. The van der Waals surface area contributed by atoms with Crippen molar-refractivity contribution in [1.82, 2.24) is 14.5 Å². The zero-order chi connectivity index (χ0) is 24.8. The average molecular weight is 468 g/mol. The predicted octanol–water partition coefficient (Wildman–Crippen LogP) is 2.43. The molecule has 3 rings (SSSR count). The van der Waals surface area contributed by atoms with Gasteiger partial charge in [0.25, 0.3) is 5.56 Å². The number of nitrogens with two attached hydrogens (primary N) is 1. The first kappa shape index (κ1) is 24.9. The molecular weight excluding hydrogens is 437 g/mol. The highest BCUT2D eigenvalue weighted by molar-refractivity contribution is 5.96. The number of rotatable bonds is 9. The van der Waals surface area contributed by atoms with Gasteiger partial charge in [0.05, 0.1) is 13.1 Å². The van der Waals surface area contributed by atoms with Gasteiger partial charge in [0.15, 0.2) is 5.69 Å². The number of carbonyl (C=O) groups excluding carboxylic acids is 1. The second-order valence-corrected chi connectivity index (χ2v) is 8.73. The van der Waals surface area contributed by atoms with E-state index in [1.54, 1.807) is 30.1 Å². The largest absolute Gasteiger partial charge is 0.383 e. The van der Waals surface area contributed by atoms with Crippen LogP contribution >= 0.6 is 0 Å². The third-order valence-electron chi connectivity index (χ3n) is 5.32. The van der Waals surface area contributed by atoms with Crippen LogP contribution in [-0.2, 0) is 17.9 Å². The Morgan fingerprint density at radius 3 is 2.38 bits per heavy atom. The first-order chi connectivity index (χ1) is 16.2. The summed E-state index contributed by atoms with van der Waals surface area (Å²) in [4.78, 5) is 43.9. The van der Waals surface area contributed by atoms with Gasteiger partial charge < -0.3 is 10.6 Å². The molecular formula is C25H30FN5O3. The number of benzene rings is 2. The Hall–Kier alpha value is -3.72. The number of nitrogens with zero attached hydrogens (tertiary/aromatic N) is 3. The molecule has 34 heavy (non-hydrogen) atoms. The van der Waals surface area contributed by atoms with E-state index < -0.39 is 11.2 Å². The summed E-state index contributed by atoms with van der Waals surface area (Å²) in [5.74, 6) is -0.790. The summed E-state index contributed by atoms with van der Waals surface area (Å²) in [6.45, 7) is 4.34. The molecule has 1 aromatic heterocycles. The fourth-order valence-corrected chi connectivity index (χ4v) is 3.73. The monoisotopic (exact) mass is 467 g/mol. The van der Waals surface area contributed by atoms with Crippen molar-refractivity contribution in [2.45, 2.75) is 26.9 Å². The number of likely N-dealkylation sites (N-methyl/N-ethyl adjacent to an activating group) is 1. The Kier molecular flexibility index (Phi) is 8.01. The van der Waals surface area contributed by atoms with Gasteiger partial charge in [0.1, 0.15) is 11.6 Å². The number of nitrogens with one attached hydrogen (secondary N) is 1. The van der Waals surface area contributed by atoms with E-state index in [0.717, 1.165) is 5.56 Å². The smallest absolute Gasteiger partial charge is 0.330 e. The van der Waals surface area contributed by atoms with Gasteiger partial charge in [-0.25, -0.2) is 9.18 Å². The second kappa shape index (κ2) is 10.9. The standard InChI is InChI=1S/C25H30FN5O3/c1-17(2)13-30(21(32)16-29(3)15-19-11-7-8-12-20(19)26)22-23(27)31(25(34)28-24(22)33)14-18-9-5-4-6-10-18/h4-12,17H,13-16,27H2,1-3H3,(H,28,33,34). The first-order valence-electron chi connectivity index (χ1n) is 11.1. The third-order valence-corrected chi connectivity index (χ3v) is 5.32. The number of halogens is 1. The van der Waals surface area contributed by atoms with Crippen molar-refractivity contribution in [2.75, 3.05) is 30.8 Å². The fourth-order valence-electron chi connectivity index (χ4n) is 3.73. The summed E-state index contributed by atoms with van der Waals surface area (Å²) < 4.78 is 15.3. The van der Waals surface area contributed by atoms with Crippen molar-refractivity contribution in [3.63, 3.8) is 0 Å². The lowest BCUT2D eigenvalue weighted by Gasteiger charge is -2.28. The van der Waals surface area contributed by atoms with Gasteiger partial charge in [-0.05, 0) is 24.6 Å². The van der Waals surface area contributed by atoms with E-state index in [1.807, 2.05) is 44.2 Å². The maximum absolute atomic E-state index is 14.0. The van der Waals surface area contributed by atoms with Crippen LogP contribution in [0.1, 0.15) is 25.0 Å². The molecule has 0 aliphatic rings. The molecule has 180 valence electrons. The van der Waals surface area contributed by atoms with Gasteiger partial charge in [-0.15, -0.1) is 0 Å². The molecule has 0 aliphatic heterocycles. The molecule has 0 aliphatic carbocycles. The number of aromatic nitrogens is 2. The van der Waals surface area contributed by atoms with E-state index >= 15 is 0 Å². The van der Waals surface area contributed by atoms with Crippen LogP contribution in [0.5, 0.6) is 0 Å². The molecule has 3 N–H and O–H groups in total. The van der Waals surface area contributed by atoms with Crippen LogP contribution < -0.4 is 21.9 Å². The molecule has 0 saturated heterocycles. The topological polar surface area (TPSA) is 104 Å². The molecule has 2 aromatic carbocycles. The lowest BCUT2D eigenvalue weighted by Crippen LogP contribution is -2.46. The Balaban J connectivity index is 1.93. The molecule has 1 heterocycles. The maximum atomic E-state index is 14.0. The van der Waals surface area contributed by atoms with E-state index in [9.17, 15) is 18.8 Å². The average Bonchev–Trinajstić information content (AvgIpc) is 2.78. The normalized spacial score (nSPS) is 11.2. The minimum Gasteiger partial charge on any atom is -0.383 e. The van der Waals surface area contributed by atoms with Crippen LogP contribution in [0.15, 0.2) is 64.2 Å². The molecule has 0 bridgehead atoms. The number of hydrogen-bond donors (Lipinski definition) is 2. The van der Waals surface area contributed by atoms with Crippen LogP contribution in [0.3, 0.4) is 0 Å². The molecule has 8 nitrogen and oxygen atoms in total. The molecule has 9 heteroatoms. The van der Waals surface area contributed by atoms with Crippen molar-refractivity contribution in [2.24, 2.45) is 5.92 Å². The summed E-state index contributed by atoms with van der Waals surface area (Å²) >= 11 is 0. The molecule has 1 amide bonds. The number of amides is 1. The molecule has 3 aromatic rings. The van der Waals surface area contributed by atoms with E-state index in [-0.39, 0.29) is 55.3 Å². The number of H-pyrrole nitrogens is 1. The molecule has 0 radical (unpaired) electrons. The fraction of sp³-hybridized carbons (Fsp3) is 0.320. The SMILES string of the molecule is CC(C)CN(C(=O)CN(C)Cc1ccccc1F)c1c(N)n(Cc2ccccc2)c(=O)[nH]c1=O. The van der Waals surface area contributed by atoms with E-state index in [0.29, 0.717) is 5.56 Å². The van der Waals surface area contributed by atoms with Crippen molar-refractivity contribution in [3.8, 4) is 0 Å². The van der Waals surface area contributed by atoms with Gasteiger partial charge in [-0.1, -0.05) is 62.4 Å². The Labute approximate surface area is 197 Å². The summed E-state index contributed by atoms with van der Waals surface area (Å²) in [6.07, 6.45) is 0. The van der Waals surface area contributed by atoms with Crippen LogP contribution in [0.25, 0.3) is 0 Å². The third kappa shape index (κ3) is 5.99. The zero-order valence-electron chi connectivity index (χ0n) is 19.6. The molecule has 0 spiro atoms. The number of nitrogen functional groups attached to an aromatic ring is 1. The molecule has 0 unspecified atom stereocenters. The predicted molar refractivity (Wildman–Crippen MR) is 131 cm³/mol. The van der Waals surface area contributed by atoms with E-state index in [1.165, 1.54) is 15.5 Å². The maximum Gasteiger partial charge on any atom is 0.330 e. The highest BCUT2D eigenvalue weighted by Gasteiger charge is 2.26. The Bertz CT molecular complexity index is 1250. The van der Waals surface area contributed by atoms with Gasteiger partial charge in [0.2, 0.25) is 5.91 Å². The van der Waals surface area contributed by atoms with Crippen LogP contribution in [0, 0.1) is 11.7 Å². The van der Waals surface area contributed by atoms with Crippen molar-refractivity contribution >= 4 is 17.4 Å². The lowest BCUT2D eigenvalue weighted by atomic mass is 10.1. The number of hydrogen-bond acceptors (Lipinski definition) is 5. The van der Waals surface area contributed by atoms with Gasteiger partial charge in [-0.3, -0.25) is 24.0 Å². The quantitative estimate of drug-likeness (QED) is 0.503. The minimum absolute atomic E-state index is 0.0223. The number of anilines is 2. The van der Waals surface area contributed by atoms with Crippen molar-refractivity contribution in [3.05, 3.63) is 92.4 Å². The minimum atomic E-state index is -0.724. The molecule has 0 saturated carbocycles. The van der Waals surface area contributed by atoms with Gasteiger partial charge in [0, 0.05) is 18.7 Å². The Morgan fingerprint density at radius 1 is 1.09 bits per heavy atom. The van der Waals surface area contributed by atoms with E-state index in [2.05, 4.69) is 4.98 Å². The van der Waals surface area contributed by atoms with Gasteiger partial charge >= 0.3 is 5.69 Å². The first-order valence-corrected chi connectivity index (χ1v) is 11.1. The van der Waals surface area contributed by atoms with Crippen LogP contribution in [0.4, 0.5) is 15.9 Å². The summed E-state index contributed by atoms with van der Waals surface area (Å²) in [5.41, 5.74) is 6.15. The summed E-state index contributed by atoms with van der Waals surface area (Å²) in [5, 5.41) is 0. The highest BCUT2D eigenvalue weighted by Crippen LogP contribution is 2.20. The van der Waals surface area contributed by atoms with Crippen molar-refractivity contribution in [1.29, 1.82) is 0 Å². The molecule has 0 fully saturated rings. The van der Waals surface area contributed by atoms with Crippen LogP contribution in [-0.4, -0.2) is 40.5 Å². The van der Waals surface area contributed by atoms with Crippen molar-refractivity contribution < 1.29 is 9.18 Å². The van der Waals surface area contributed by atoms with Gasteiger partial charge in [-0.2, -0.15) is 0 Å². The summed E-state index contributed by atoms with van der Waals surface area (Å²) in [6, 6.07) is 15.6. The van der Waals surface area contributed by atoms with E-state index in [4.69, 9.17) is 5.73 Å².